The number of aliphatic hydroxyl groups is 1. The number of carbonyl (C=O) groups is 1. The van der Waals surface area contributed by atoms with E-state index in [0.29, 0.717) is 12.5 Å². The fourth-order valence-electron chi connectivity index (χ4n) is 2.97. The largest absolute Gasteiger partial charge is 0.396 e. The van der Waals surface area contributed by atoms with Gasteiger partial charge in [0.1, 0.15) is 0 Å². The highest BCUT2D eigenvalue weighted by molar-refractivity contribution is 5.92. The van der Waals surface area contributed by atoms with Crippen molar-refractivity contribution in [2.24, 2.45) is 5.92 Å². The number of nitrogens with one attached hydrogen (secondary N) is 1. The lowest BCUT2D eigenvalue weighted by Crippen LogP contribution is -2.51. The van der Waals surface area contributed by atoms with Crippen LogP contribution in [0.4, 0.5) is 5.69 Å². The van der Waals surface area contributed by atoms with Crippen LogP contribution in [0.3, 0.4) is 0 Å². The number of benzene rings is 1. The Morgan fingerprint density at radius 3 is 2.89 bits per heavy atom. The van der Waals surface area contributed by atoms with Gasteiger partial charge in [-0.2, -0.15) is 0 Å². The van der Waals surface area contributed by atoms with Gasteiger partial charge in [-0.05, 0) is 42.5 Å². The summed E-state index contributed by atoms with van der Waals surface area (Å²) in [5.41, 5.74) is 3.71. The molecule has 1 heterocycles. The van der Waals surface area contributed by atoms with Crippen LogP contribution in [0.2, 0.25) is 0 Å². The van der Waals surface area contributed by atoms with Crippen LogP contribution in [0.1, 0.15) is 17.5 Å². The zero-order chi connectivity index (χ0) is 13.2. The van der Waals surface area contributed by atoms with Crippen LogP contribution in [0, 0.1) is 5.92 Å². The topological polar surface area (TPSA) is 52.6 Å². The molecule has 3 rings (SSSR count). The molecular weight excluding hydrogens is 240 g/mol. The first-order chi connectivity index (χ1) is 9.24. The average Bonchev–Trinajstić information content (AvgIpc) is 2.80. The molecule has 4 heteroatoms. The van der Waals surface area contributed by atoms with Crippen LogP contribution in [0.25, 0.3) is 0 Å². The number of amides is 1. The number of carbonyl (C=O) groups excluding carboxylic acids is 1. The summed E-state index contributed by atoms with van der Waals surface area (Å²) < 4.78 is 0. The van der Waals surface area contributed by atoms with Gasteiger partial charge in [-0.3, -0.25) is 9.69 Å². The number of hydrogen-bond acceptors (Lipinski definition) is 3. The van der Waals surface area contributed by atoms with Gasteiger partial charge < -0.3 is 10.4 Å². The lowest BCUT2D eigenvalue weighted by Gasteiger charge is -2.37. The van der Waals surface area contributed by atoms with Crippen LogP contribution in [-0.4, -0.2) is 42.2 Å². The van der Waals surface area contributed by atoms with Crippen molar-refractivity contribution >= 4 is 11.6 Å². The minimum Gasteiger partial charge on any atom is -0.396 e. The number of nitrogens with zero attached hydrogens (tertiary/aromatic N) is 1. The molecule has 1 aliphatic heterocycles. The molecule has 4 nitrogen and oxygen atoms in total. The zero-order valence-corrected chi connectivity index (χ0v) is 11.1. The van der Waals surface area contributed by atoms with Gasteiger partial charge in [-0.15, -0.1) is 0 Å². The monoisotopic (exact) mass is 260 g/mol. The first-order valence-corrected chi connectivity index (χ1v) is 6.99. The van der Waals surface area contributed by atoms with Gasteiger partial charge in [0.2, 0.25) is 5.91 Å². The number of likely N-dealkylation sites (tertiary alicyclic amines) is 1. The van der Waals surface area contributed by atoms with Crippen molar-refractivity contribution in [2.75, 3.05) is 31.6 Å². The Morgan fingerprint density at radius 1 is 1.32 bits per heavy atom. The first kappa shape index (κ1) is 12.6. The number of hydrogen-bond donors (Lipinski definition) is 2. The maximum absolute atomic E-state index is 11.9. The van der Waals surface area contributed by atoms with E-state index >= 15 is 0 Å². The van der Waals surface area contributed by atoms with E-state index in [4.69, 9.17) is 5.11 Å². The van der Waals surface area contributed by atoms with Crippen molar-refractivity contribution < 1.29 is 9.90 Å². The van der Waals surface area contributed by atoms with Crippen molar-refractivity contribution in [1.29, 1.82) is 0 Å². The molecule has 0 unspecified atom stereocenters. The predicted molar refractivity (Wildman–Crippen MR) is 74.1 cm³/mol. The van der Waals surface area contributed by atoms with Crippen LogP contribution in [0.15, 0.2) is 18.2 Å². The van der Waals surface area contributed by atoms with Gasteiger partial charge in [-0.1, -0.05) is 6.07 Å². The van der Waals surface area contributed by atoms with Crippen LogP contribution >= 0.6 is 0 Å². The number of anilines is 1. The molecule has 0 bridgehead atoms. The molecule has 1 aromatic rings. The predicted octanol–water partition coefficient (Wildman–Crippen LogP) is 1.04. The number of aliphatic hydroxyl groups excluding tert-OH is 1. The van der Waals surface area contributed by atoms with E-state index in [2.05, 4.69) is 22.3 Å². The third kappa shape index (κ3) is 2.80. The molecule has 0 radical (unpaired) electrons. The second-order valence-corrected chi connectivity index (χ2v) is 5.63. The minimum atomic E-state index is 0.0364. The first-order valence-electron chi connectivity index (χ1n) is 6.99. The Morgan fingerprint density at radius 2 is 2.11 bits per heavy atom. The van der Waals surface area contributed by atoms with Gasteiger partial charge in [0, 0.05) is 31.3 Å². The van der Waals surface area contributed by atoms with E-state index in [9.17, 15) is 4.79 Å². The third-order valence-corrected chi connectivity index (χ3v) is 4.04. The van der Waals surface area contributed by atoms with Crippen molar-refractivity contribution in [1.82, 2.24) is 4.90 Å². The highest BCUT2D eigenvalue weighted by atomic mass is 16.3. The Labute approximate surface area is 113 Å². The van der Waals surface area contributed by atoms with Gasteiger partial charge in [0.05, 0.1) is 6.54 Å². The maximum atomic E-state index is 11.9. The summed E-state index contributed by atoms with van der Waals surface area (Å²) in [6.45, 7) is 2.30. The number of fused-ring (bicyclic) bond motifs is 1. The summed E-state index contributed by atoms with van der Waals surface area (Å²) >= 11 is 0. The molecule has 2 N–H and O–H groups in total. The van der Waals surface area contributed by atoms with E-state index in [0.717, 1.165) is 25.2 Å². The van der Waals surface area contributed by atoms with Gasteiger partial charge in [0.25, 0.3) is 0 Å². The average molecular weight is 260 g/mol. The second kappa shape index (κ2) is 5.31. The lowest BCUT2D eigenvalue weighted by molar-refractivity contribution is -0.119. The van der Waals surface area contributed by atoms with Gasteiger partial charge in [0.15, 0.2) is 0 Å². The molecular formula is C15H20N2O2. The molecule has 102 valence electrons. The van der Waals surface area contributed by atoms with E-state index in [1.54, 1.807) is 0 Å². The molecule has 1 aromatic carbocycles. The summed E-state index contributed by atoms with van der Waals surface area (Å²) in [5, 5.41) is 11.9. The summed E-state index contributed by atoms with van der Waals surface area (Å²) in [6, 6.07) is 6.23. The SMILES string of the molecule is O=C(CN1CC(CO)C1)Nc1ccc2c(c1)CCC2. The van der Waals surface area contributed by atoms with Gasteiger partial charge >= 0.3 is 0 Å². The summed E-state index contributed by atoms with van der Waals surface area (Å²) in [5.74, 6) is 0.391. The molecule has 0 atom stereocenters. The maximum Gasteiger partial charge on any atom is 0.238 e. The second-order valence-electron chi connectivity index (χ2n) is 5.63. The standard InChI is InChI=1S/C15H20N2O2/c18-10-11-7-17(8-11)9-15(19)16-14-5-4-12-2-1-3-13(12)6-14/h4-6,11,18H,1-3,7-10H2,(H,16,19). The van der Waals surface area contributed by atoms with E-state index < -0.39 is 0 Å². The fraction of sp³-hybridized carbons (Fsp3) is 0.533. The van der Waals surface area contributed by atoms with Crippen molar-refractivity contribution in [3.8, 4) is 0 Å². The molecule has 2 aliphatic rings. The summed E-state index contributed by atoms with van der Waals surface area (Å²) in [4.78, 5) is 14.0. The molecule has 1 saturated heterocycles. The van der Waals surface area contributed by atoms with E-state index in [1.807, 2.05) is 6.07 Å². The van der Waals surface area contributed by atoms with E-state index in [-0.39, 0.29) is 12.5 Å². The van der Waals surface area contributed by atoms with Crippen molar-refractivity contribution in [2.45, 2.75) is 19.3 Å². The number of rotatable bonds is 4. The molecule has 0 spiro atoms. The van der Waals surface area contributed by atoms with E-state index in [1.165, 1.54) is 24.0 Å². The highest BCUT2D eigenvalue weighted by Crippen LogP contribution is 2.25. The molecule has 19 heavy (non-hydrogen) atoms. The molecule has 1 amide bonds. The smallest absolute Gasteiger partial charge is 0.238 e. The van der Waals surface area contributed by atoms with Crippen LogP contribution in [0.5, 0.6) is 0 Å². The highest BCUT2D eigenvalue weighted by Gasteiger charge is 2.27. The Hall–Kier alpha value is -1.39. The molecule has 1 fully saturated rings. The van der Waals surface area contributed by atoms with Crippen molar-refractivity contribution in [3.63, 3.8) is 0 Å². The zero-order valence-electron chi connectivity index (χ0n) is 11.1. The molecule has 0 saturated carbocycles. The Bertz CT molecular complexity index is 481. The third-order valence-electron chi connectivity index (χ3n) is 4.04. The Balaban J connectivity index is 1.52. The van der Waals surface area contributed by atoms with Crippen molar-refractivity contribution in [3.05, 3.63) is 29.3 Å². The fourth-order valence-corrected chi connectivity index (χ4v) is 2.97. The van der Waals surface area contributed by atoms with Crippen LogP contribution < -0.4 is 5.32 Å². The minimum absolute atomic E-state index is 0.0364. The lowest BCUT2D eigenvalue weighted by atomic mass is 10.0. The quantitative estimate of drug-likeness (QED) is 0.850. The number of aryl methyl sites for hydroxylation is 2. The molecule has 1 aliphatic carbocycles. The normalized spacial score (nSPS) is 19.0. The van der Waals surface area contributed by atoms with Gasteiger partial charge in [-0.25, -0.2) is 0 Å². The van der Waals surface area contributed by atoms with Crippen LogP contribution in [-0.2, 0) is 17.6 Å². The summed E-state index contributed by atoms with van der Waals surface area (Å²) in [7, 11) is 0. The Kier molecular flexibility index (Phi) is 3.53. The summed E-state index contributed by atoms with van der Waals surface area (Å²) in [6.07, 6.45) is 3.52. The molecule has 0 aromatic heterocycles.